The van der Waals surface area contributed by atoms with Gasteiger partial charge in [0.25, 0.3) is 0 Å². The molecule has 18 heavy (non-hydrogen) atoms. The molecule has 6 heteroatoms. The largest absolute Gasteiger partial charge is 0.444 e. The van der Waals surface area contributed by atoms with E-state index in [4.69, 9.17) is 10.00 Å². The van der Waals surface area contributed by atoms with E-state index in [1.54, 1.807) is 32.1 Å². The number of nitrogens with zero attached hydrogens (tertiary/aromatic N) is 1. The van der Waals surface area contributed by atoms with E-state index in [-0.39, 0.29) is 0 Å². The van der Waals surface area contributed by atoms with Gasteiger partial charge < -0.3 is 10.1 Å². The van der Waals surface area contributed by atoms with Gasteiger partial charge in [0.1, 0.15) is 11.6 Å². The average Bonchev–Trinajstić information content (AvgIpc) is 2.60. The molecule has 1 amide bonds. The van der Waals surface area contributed by atoms with Crippen LogP contribution in [0.5, 0.6) is 0 Å². The fraction of sp³-hybridized carbons (Fsp3) is 0.500. The maximum absolute atomic E-state index is 11.5. The Labute approximate surface area is 119 Å². The van der Waals surface area contributed by atoms with Gasteiger partial charge in [-0.05, 0) is 48.8 Å². The highest BCUT2D eigenvalue weighted by Gasteiger charge is 2.19. The maximum atomic E-state index is 11.5. The molecule has 0 unspecified atom stereocenters. The summed E-state index contributed by atoms with van der Waals surface area (Å²) in [4.78, 5) is 12.6. The summed E-state index contributed by atoms with van der Waals surface area (Å²) in [6.45, 7) is 5.35. The summed E-state index contributed by atoms with van der Waals surface area (Å²) in [7, 11) is 0. The number of alkyl carbamates (subject to hydrolysis) is 1. The lowest BCUT2D eigenvalue weighted by atomic mass is 10.2. The lowest BCUT2D eigenvalue weighted by molar-refractivity contribution is 0.0516. The zero-order valence-electron chi connectivity index (χ0n) is 10.5. The van der Waals surface area contributed by atoms with Gasteiger partial charge in [0.05, 0.1) is 9.86 Å². The minimum absolute atomic E-state index is 0.478. The van der Waals surface area contributed by atoms with Crippen molar-refractivity contribution < 1.29 is 9.53 Å². The number of hydrogen-bond acceptors (Lipinski definition) is 4. The van der Waals surface area contributed by atoms with E-state index in [2.05, 4.69) is 27.3 Å². The topological polar surface area (TPSA) is 62.1 Å². The van der Waals surface area contributed by atoms with Crippen molar-refractivity contribution in [3.63, 3.8) is 0 Å². The molecule has 0 saturated heterocycles. The Bertz CT molecular complexity index is 459. The number of thiophene rings is 1. The first-order valence-electron chi connectivity index (χ1n) is 5.43. The monoisotopic (exact) mass is 330 g/mol. The summed E-state index contributed by atoms with van der Waals surface area (Å²) in [5.41, 5.74) is -0.559. The molecule has 0 spiro atoms. The second-order valence-electron chi connectivity index (χ2n) is 4.74. The first-order chi connectivity index (χ1) is 8.30. The van der Waals surface area contributed by atoms with Gasteiger partial charge in [0, 0.05) is 11.3 Å². The first-order valence-corrected chi connectivity index (χ1v) is 7.04. The summed E-state index contributed by atoms with van der Waals surface area (Å²) in [5, 5.41) is 11.6. The van der Waals surface area contributed by atoms with Crippen molar-refractivity contribution in [2.24, 2.45) is 0 Å². The van der Waals surface area contributed by atoms with Gasteiger partial charge in [0.2, 0.25) is 0 Å². The number of halogens is 1. The van der Waals surface area contributed by atoms with E-state index < -0.39 is 17.7 Å². The highest BCUT2D eigenvalue weighted by molar-refractivity contribution is 9.11. The van der Waals surface area contributed by atoms with Crippen LogP contribution >= 0.6 is 27.3 Å². The summed E-state index contributed by atoms with van der Waals surface area (Å²) in [6, 6.07) is 5.32. The summed E-state index contributed by atoms with van der Waals surface area (Å²) in [5.74, 6) is 0. The molecule has 0 saturated carbocycles. The van der Waals surface area contributed by atoms with Gasteiger partial charge in [-0.2, -0.15) is 5.26 Å². The van der Waals surface area contributed by atoms with Crippen LogP contribution in [0, 0.1) is 11.3 Å². The van der Waals surface area contributed by atoms with Gasteiger partial charge in [-0.1, -0.05) is 0 Å². The molecular formula is C12H15BrN2O2S. The van der Waals surface area contributed by atoms with Gasteiger partial charge in [0.15, 0.2) is 0 Å². The Hall–Kier alpha value is -1.06. The van der Waals surface area contributed by atoms with E-state index >= 15 is 0 Å². The molecule has 0 aliphatic carbocycles. The third-order valence-corrected chi connectivity index (χ3v) is 3.53. The van der Waals surface area contributed by atoms with E-state index in [1.165, 1.54) is 0 Å². The number of nitriles is 1. The zero-order chi connectivity index (χ0) is 13.8. The number of amides is 1. The Morgan fingerprint density at radius 1 is 1.61 bits per heavy atom. The number of ether oxygens (including phenoxy) is 1. The molecule has 1 N–H and O–H groups in total. The minimum atomic E-state index is -0.578. The van der Waals surface area contributed by atoms with E-state index in [0.29, 0.717) is 6.42 Å². The van der Waals surface area contributed by atoms with E-state index in [0.717, 1.165) is 8.66 Å². The van der Waals surface area contributed by atoms with Crippen LogP contribution in [0.15, 0.2) is 15.9 Å². The Morgan fingerprint density at radius 3 is 2.72 bits per heavy atom. The van der Waals surface area contributed by atoms with Crippen LogP contribution in [-0.4, -0.2) is 17.7 Å². The van der Waals surface area contributed by atoms with Crippen molar-refractivity contribution in [1.29, 1.82) is 5.26 Å². The Morgan fingerprint density at radius 2 is 2.28 bits per heavy atom. The lowest BCUT2D eigenvalue weighted by Gasteiger charge is -2.20. The molecule has 1 aromatic rings. The normalized spacial score (nSPS) is 12.6. The fourth-order valence-corrected chi connectivity index (χ4v) is 2.77. The van der Waals surface area contributed by atoms with Crippen molar-refractivity contribution in [2.45, 2.75) is 38.8 Å². The highest BCUT2D eigenvalue weighted by Crippen LogP contribution is 2.23. The third kappa shape index (κ3) is 5.52. The summed E-state index contributed by atoms with van der Waals surface area (Å²) >= 11 is 4.90. The SMILES string of the molecule is CC(C)(C)OC(=O)N[C@H](C#N)Cc1ccc(Br)s1. The fourth-order valence-electron chi connectivity index (χ4n) is 1.24. The molecule has 4 nitrogen and oxygen atoms in total. The highest BCUT2D eigenvalue weighted by atomic mass is 79.9. The third-order valence-electron chi connectivity index (χ3n) is 1.88. The molecule has 0 bridgehead atoms. The molecule has 98 valence electrons. The van der Waals surface area contributed by atoms with Crippen LogP contribution in [0.2, 0.25) is 0 Å². The first kappa shape index (κ1) is 15.0. The molecule has 1 rings (SSSR count). The van der Waals surface area contributed by atoms with Crippen molar-refractivity contribution >= 4 is 33.4 Å². The van der Waals surface area contributed by atoms with Crippen LogP contribution < -0.4 is 5.32 Å². The van der Waals surface area contributed by atoms with E-state index in [1.807, 2.05) is 12.1 Å². The summed E-state index contributed by atoms with van der Waals surface area (Å²) in [6.07, 6.45) is -0.0869. The second kappa shape index (κ2) is 6.21. The van der Waals surface area contributed by atoms with Crippen molar-refractivity contribution in [3.8, 4) is 6.07 Å². The van der Waals surface area contributed by atoms with Crippen LogP contribution in [0.25, 0.3) is 0 Å². The predicted octanol–water partition coefficient (Wildman–Crippen LogP) is 3.47. The predicted molar refractivity (Wildman–Crippen MR) is 74.5 cm³/mol. The molecule has 0 aromatic carbocycles. The Balaban J connectivity index is 2.53. The molecule has 1 aromatic heterocycles. The number of carbonyl (C=O) groups excluding carboxylic acids is 1. The maximum Gasteiger partial charge on any atom is 0.408 e. The van der Waals surface area contributed by atoms with Gasteiger partial charge in [-0.3, -0.25) is 0 Å². The van der Waals surface area contributed by atoms with Gasteiger partial charge in [-0.15, -0.1) is 11.3 Å². The van der Waals surface area contributed by atoms with Crippen molar-refractivity contribution in [2.75, 3.05) is 0 Å². The number of nitrogens with one attached hydrogen (secondary N) is 1. The second-order valence-corrected chi connectivity index (χ2v) is 7.29. The van der Waals surface area contributed by atoms with Crippen molar-refractivity contribution in [3.05, 3.63) is 20.8 Å². The zero-order valence-corrected chi connectivity index (χ0v) is 12.9. The average molecular weight is 331 g/mol. The molecular weight excluding hydrogens is 316 g/mol. The smallest absolute Gasteiger partial charge is 0.408 e. The number of hydrogen-bond donors (Lipinski definition) is 1. The van der Waals surface area contributed by atoms with Gasteiger partial charge in [-0.25, -0.2) is 4.79 Å². The van der Waals surface area contributed by atoms with Crippen LogP contribution in [0.3, 0.4) is 0 Å². The van der Waals surface area contributed by atoms with Crippen molar-refractivity contribution in [1.82, 2.24) is 5.32 Å². The number of rotatable bonds is 3. The molecule has 0 radical (unpaired) electrons. The lowest BCUT2D eigenvalue weighted by Crippen LogP contribution is -2.39. The molecule has 1 heterocycles. The quantitative estimate of drug-likeness (QED) is 0.922. The number of carbonyl (C=O) groups is 1. The molecule has 0 fully saturated rings. The standard InChI is InChI=1S/C12H15BrN2O2S/c1-12(2,3)17-11(16)15-8(7-14)6-9-4-5-10(13)18-9/h4-5,8H,6H2,1-3H3,(H,15,16)/t8-/m0/s1. The Kier molecular flexibility index (Phi) is 5.17. The molecule has 0 aliphatic rings. The molecule has 1 atom stereocenters. The van der Waals surface area contributed by atoms with Gasteiger partial charge >= 0.3 is 6.09 Å². The van der Waals surface area contributed by atoms with Crippen LogP contribution in [0.1, 0.15) is 25.6 Å². The van der Waals surface area contributed by atoms with Crippen LogP contribution in [-0.2, 0) is 11.2 Å². The molecule has 0 aliphatic heterocycles. The van der Waals surface area contributed by atoms with Crippen LogP contribution in [0.4, 0.5) is 4.79 Å². The minimum Gasteiger partial charge on any atom is -0.444 e. The summed E-state index contributed by atoms with van der Waals surface area (Å²) < 4.78 is 6.11. The van der Waals surface area contributed by atoms with E-state index in [9.17, 15) is 4.79 Å².